The number of hydrogen-bond acceptors (Lipinski definition) is 7. The molecule has 2 aromatic rings. The molecule has 1 unspecified atom stereocenters. The van der Waals surface area contributed by atoms with Crippen LogP contribution in [0.4, 0.5) is 11.4 Å². The molecule has 1 atom stereocenters. The van der Waals surface area contributed by atoms with Gasteiger partial charge in [-0.25, -0.2) is 8.42 Å². The zero-order valence-corrected chi connectivity index (χ0v) is 14.9. The first-order valence-electron chi connectivity index (χ1n) is 7.65. The lowest BCUT2D eigenvalue weighted by atomic mass is 10.2. The molecule has 134 valence electrons. The van der Waals surface area contributed by atoms with Crippen molar-refractivity contribution in [2.75, 3.05) is 11.3 Å². The number of sulfone groups is 1. The van der Waals surface area contributed by atoms with E-state index >= 15 is 0 Å². The average molecular weight is 372 g/mol. The fourth-order valence-corrected chi connectivity index (χ4v) is 3.02. The molecule has 9 heteroatoms. The molecule has 3 rings (SSSR count). The molecule has 0 bridgehead atoms. The Morgan fingerprint density at radius 1 is 1.15 bits per heavy atom. The van der Waals surface area contributed by atoms with Crippen LogP contribution in [0.3, 0.4) is 0 Å². The lowest BCUT2D eigenvalue weighted by Gasteiger charge is -2.11. The van der Waals surface area contributed by atoms with Gasteiger partial charge >= 0.3 is 0 Å². The van der Waals surface area contributed by atoms with E-state index in [4.69, 9.17) is 0 Å². The van der Waals surface area contributed by atoms with Crippen LogP contribution in [0, 0.1) is 0 Å². The lowest BCUT2D eigenvalue weighted by molar-refractivity contribution is -0.117. The highest BCUT2D eigenvalue weighted by Crippen LogP contribution is 2.30. The molecule has 0 aromatic heterocycles. The highest BCUT2D eigenvalue weighted by atomic mass is 32.2. The minimum absolute atomic E-state index is 0.00157. The standard InChI is InChI=1S/C17H16N4O4S/c1-11-16(17(23)21(20-11)12-6-4-3-5-7-12)19-18-14-10-13(26(2,24)25)8-9-15(14)22/h3-10,16,22H,1-2H3. The van der Waals surface area contributed by atoms with Gasteiger partial charge < -0.3 is 5.11 Å². The fraction of sp³-hybridized carbons (Fsp3) is 0.176. The van der Waals surface area contributed by atoms with Crippen LogP contribution in [-0.2, 0) is 14.6 Å². The Morgan fingerprint density at radius 2 is 1.85 bits per heavy atom. The minimum atomic E-state index is -3.46. The third-order valence-corrected chi connectivity index (χ3v) is 4.86. The zero-order chi connectivity index (χ0) is 18.9. The van der Waals surface area contributed by atoms with Gasteiger partial charge in [-0.2, -0.15) is 20.3 Å². The van der Waals surface area contributed by atoms with Gasteiger partial charge in [-0.05, 0) is 37.3 Å². The van der Waals surface area contributed by atoms with Gasteiger partial charge in [0.2, 0.25) is 0 Å². The maximum Gasteiger partial charge on any atom is 0.280 e. The number of carbonyl (C=O) groups excluding carboxylic acids is 1. The summed E-state index contributed by atoms with van der Waals surface area (Å²) >= 11 is 0. The van der Waals surface area contributed by atoms with Gasteiger partial charge in [0.25, 0.3) is 5.91 Å². The van der Waals surface area contributed by atoms with Gasteiger partial charge in [-0.15, -0.1) is 0 Å². The van der Waals surface area contributed by atoms with E-state index < -0.39 is 15.9 Å². The van der Waals surface area contributed by atoms with Crippen LogP contribution in [0.1, 0.15) is 6.92 Å². The first-order chi connectivity index (χ1) is 12.3. The first kappa shape index (κ1) is 17.7. The number of amides is 1. The maximum absolute atomic E-state index is 12.5. The molecule has 1 aliphatic heterocycles. The number of anilines is 1. The Balaban J connectivity index is 1.88. The number of phenolic OH excluding ortho intramolecular Hbond substituents is 1. The molecule has 0 saturated heterocycles. The van der Waals surface area contributed by atoms with Gasteiger partial charge in [-0.3, -0.25) is 4.79 Å². The first-order valence-corrected chi connectivity index (χ1v) is 9.54. The van der Waals surface area contributed by atoms with Crippen LogP contribution in [0.2, 0.25) is 0 Å². The average Bonchev–Trinajstić information content (AvgIpc) is 2.88. The summed E-state index contributed by atoms with van der Waals surface area (Å²) in [5.74, 6) is -0.614. The number of azo groups is 1. The van der Waals surface area contributed by atoms with E-state index in [2.05, 4.69) is 15.3 Å². The van der Waals surface area contributed by atoms with Crippen LogP contribution in [0.5, 0.6) is 5.75 Å². The quantitative estimate of drug-likeness (QED) is 0.832. The monoisotopic (exact) mass is 372 g/mol. The van der Waals surface area contributed by atoms with Gasteiger partial charge in [-0.1, -0.05) is 18.2 Å². The predicted molar refractivity (Wildman–Crippen MR) is 96.6 cm³/mol. The molecule has 1 heterocycles. The van der Waals surface area contributed by atoms with Crippen LogP contribution in [0.25, 0.3) is 0 Å². The van der Waals surface area contributed by atoms with Crippen molar-refractivity contribution in [1.29, 1.82) is 0 Å². The maximum atomic E-state index is 12.5. The number of aromatic hydroxyl groups is 1. The molecule has 1 aliphatic rings. The van der Waals surface area contributed by atoms with E-state index in [0.29, 0.717) is 11.4 Å². The second kappa shape index (κ2) is 6.68. The number of rotatable bonds is 4. The topological polar surface area (TPSA) is 112 Å². The molecule has 26 heavy (non-hydrogen) atoms. The van der Waals surface area contributed by atoms with E-state index in [1.165, 1.54) is 23.2 Å². The van der Waals surface area contributed by atoms with Crippen molar-refractivity contribution in [3.8, 4) is 5.75 Å². The molecule has 8 nitrogen and oxygen atoms in total. The van der Waals surface area contributed by atoms with Crippen LogP contribution in [0.15, 0.2) is 68.8 Å². The summed E-state index contributed by atoms with van der Waals surface area (Å²) in [6.45, 7) is 1.65. The van der Waals surface area contributed by atoms with Crippen molar-refractivity contribution >= 4 is 32.8 Å². The van der Waals surface area contributed by atoms with Crippen molar-refractivity contribution in [3.63, 3.8) is 0 Å². The molecular formula is C17H16N4O4S. The smallest absolute Gasteiger partial charge is 0.280 e. The molecule has 0 spiro atoms. The number of phenols is 1. The molecule has 1 N–H and O–H groups in total. The van der Waals surface area contributed by atoms with E-state index in [9.17, 15) is 18.3 Å². The molecule has 0 fully saturated rings. The second-order valence-corrected chi connectivity index (χ2v) is 7.78. The number of hydrogen-bond donors (Lipinski definition) is 1. The van der Waals surface area contributed by atoms with Crippen molar-refractivity contribution in [3.05, 3.63) is 48.5 Å². The lowest BCUT2D eigenvalue weighted by Crippen LogP contribution is -2.29. The Bertz CT molecular complexity index is 1020. The van der Waals surface area contributed by atoms with Crippen molar-refractivity contribution in [2.45, 2.75) is 17.9 Å². The Kier molecular flexibility index (Phi) is 4.56. The summed E-state index contributed by atoms with van der Waals surface area (Å²) in [4.78, 5) is 12.5. The normalized spacial score (nSPS) is 17.8. The largest absolute Gasteiger partial charge is 0.506 e. The van der Waals surface area contributed by atoms with Gasteiger partial charge in [0, 0.05) is 6.26 Å². The van der Waals surface area contributed by atoms with Crippen molar-refractivity contribution < 1.29 is 18.3 Å². The summed E-state index contributed by atoms with van der Waals surface area (Å²) in [5, 5.41) is 23.1. The molecule has 2 aromatic carbocycles. The van der Waals surface area contributed by atoms with E-state index in [1.807, 2.05) is 6.07 Å². The molecule has 1 amide bonds. The predicted octanol–water partition coefficient (Wildman–Crippen LogP) is 2.67. The summed E-state index contributed by atoms with van der Waals surface area (Å²) in [5.41, 5.74) is 1.02. The number of nitrogens with zero attached hydrogens (tertiary/aromatic N) is 4. The molecular weight excluding hydrogens is 356 g/mol. The fourth-order valence-electron chi connectivity index (χ4n) is 2.38. The highest BCUT2D eigenvalue weighted by molar-refractivity contribution is 7.90. The number of benzene rings is 2. The van der Waals surface area contributed by atoms with E-state index in [0.717, 1.165) is 6.26 Å². The van der Waals surface area contributed by atoms with E-state index in [1.54, 1.807) is 31.2 Å². The molecule has 0 radical (unpaired) electrons. The third-order valence-electron chi connectivity index (χ3n) is 3.75. The van der Waals surface area contributed by atoms with Gasteiger partial charge in [0.05, 0.1) is 16.3 Å². The second-order valence-electron chi connectivity index (χ2n) is 5.77. The number of para-hydroxylation sites is 1. The number of hydrazone groups is 1. The summed E-state index contributed by atoms with van der Waals surface area (Å²) in [6.07, 6.45) is 1.05. The summed E-state index contributed by atoms with van der Waals surface area (Å²) in [6, 6.07) is 11.7. The van der Waals surface area contributed by atoms with Gasteiger partial charge in [0.1, 0.15) is 11.4 Å². The Labute approximate surface area is 150 Å². The van der Waals surface area contributed by atoms with Crippen molar-refractivity contribution in [1.82, 2.24) is 0 Å². The Hall–Kier alpha value is -3.07. The Morgan fingerprint density at radius 3 is 2.50 bits per heavy atom. The minimum Gasteiger partial charge on any atom is -0.506 e. The molecule has 0 aliphatic carbocycles. The highest BCUT2D eigenvalue weighted by Gasteiger charge is 2.34. The van der Waals surface area contributed by atoms with Gasteiger partial charge in [0.15, 0.2) is 15.9 Å². The molecule has 0 saturated carbocycles. The van der Waals surface area contributed by atoms with Crippen molar-refractivity contribution in [2.24, 2.45) is 15.3 Å². The van der Waals surface area contributed by atoms with Crippen LogP contribution < -0.4 is 5.01 Å². The number of carbonyl (C=O) groups is 1. The van der Waals surface area contributed by atoms with E-state index in [-0.39, 0.29) is 22.2 Å². The van der Waals surface area contributed by atoms with Crippen LogP contribution >= 0.6 is 0 Å². The van der Waals surface area contributed by atoms with Crippen LogP contribution in [-0.4, -0.2) is 37.4 Å². The summed E-state index contributed by atoms with van der Waals surface area (Å²) in [7, 11) is -3.46. The zero-order valence-electron chi connectivity index (χ0n) is 14.1. The SMILES string of the molecule is CC1=NN(c2ccccc2)C(=O)C1N=Nc1cc(S(C)(=O)=O)ccc1O. The third kappa shape index (κ3) is 3.47. The summed E-state index contributed by atoms with van der Waals surface area (Å²) < 4.78 is 23.3.